The second-order valence-electron chi connectivity index (χ2n) is 2.30. The van der Waals surface area contributed by atoms with Gasteiger partial charge < -0.3 is 15.8 Å². The van der Waals surface area contributed by atoms with Crippen LogP contribution in [0.2, 0.25) is 0 Å². The van der Waals surface area contributed by atoms with Crippen LogP contribution in [0.15, 0.2) is 11.1 Å². The van der Waals surface area contributed by atoms with Gasteiger partial charge in [0.05, 0.1) is 0 Å². The van der Waals surface area contributed by atoms with Gasteiger partial charge in [-0.15, -0.1) is 0 Å². The third-order valence-electron chi connectivity index (χ3n) is 1.11. The molecular formula is C7H13ClN2O2. The van der Waals surface area contributed by atoms with Gasteiger partial charge in [0, 0.05) is 18.6 Å². The first-order valence-electron chi connectivity index (χ1n) is 3.55. The molecule has 0 fully saturated rings. The van der Waals surface area contributed by atoms with E-state index >= 15 is 0 Å². The van der Waals surface area contributed by atoms with E-state index < -0.39 is 6.09 Å². The molecule has 0 radical (unpaired) electrons. The maximum absolute atomic E-state index is 10.1. The summed E-state index contributed by atoms with van der Waals surface area (Å²) in [6.45, 7) is 3.44. The van der Waals surface area contributed by atoms with E-state index in [1.807, 2.05) is 6.92 Å². The summed E-state index contributed by atoms with van der Waals surface area (Å²) in [6, 6.07) is 0. The van der Waals surface area contributed by atoms with Crippen LogP contribution in [0.5, 0.6) is 0 Å². The molecule has 1 amide bonds. The molecule has 0 rings (SSSR count). The maximum Gasteiger partial charge on any atom is 0.404 e. The Hall–Kier alpha value is -0.740. The number of ether oxygens (including phenoxy) is 1. The largest absolute Gasteiger partial charge is 0.448 e. The highest BCUT2D eigenvalue weighted by Gasteiger charge is 1.92. The van der Waals surface area contributed by atoms with Gasteiger partial charge in [0.2, 0.25) is 0 Å². The van der Waals surface area contributed by atoms with Gasteiger partial charge in [0.15, 0.2) is 0 Å². The first kappa shape index (κ1) is 11.3. The molecule has 0 saturated heterocycles. The van der Waals surface area contributed by atoms with E-state index in [2.05, 4.69) is 10.1 Å². The lowest BCUT2D eigenvalue weighted by Gasteiger charge is -2.03. The smallest absolute Gasteiger partial charge is 0.404 e. The highest BCUT2D eigenvalue weighted by Crippen LogP contribution is 1.91. The normalized spacial score (nSPS) is 11.3. The Bertz CT molecular complexity index is 171. The summed E-state index contributed by atoms with van der Waals surface area (Å²) >= 11 is 5.41. The van der Waals surface area contributed by atoms with Crippen LogP contribution in [0.25, 0.3) is 0 Å². The molecule has 0 aliphatic rings. The van der Waals surface area contributed by atoms with Crippen molar-refractivity contribution >= 4 is 17.7 Å². The summed E-state index contributed by atoms with van der Waals surface area (Å²) in [5.74, 6) is 0. The molecule has 0 aliphatic carbocycles. The van der Waals surface area contributed by atoms with Crippen LogP contribution >= 0.6 is 11.6 Å². The topological polar surface area (TPSA) is 64.3 Å². The number of rotatable bonds is 5. The van der Waals surface area contributed by atoms with Crippen molar-refractivity contribution in [3.63, 3.8) is 0 Å². The fourth-order valence-electron chi connectivity index (χ4n) is 0.548. The van der Waals surface area contributed by atoms with Crippen LogP contribution in [0, 0.1) is 0 Å². The number of nitrogens with two attached hydrogens (primary N) is 1. The highest BCUT2D eigenvalue weighted by atomic mass is 35.5. The molecule has 0 aromatic heterocycles. The zero-order valence-corrected chi connectivity index (χ0v) is 7.73. The van der Waals surface area contributed by atoms with Gasteiger partial charge >= 0.3 is 6.09 Å². The molecule has 0 heterocycles. The quantitative estimate of drug-likeness (QED) is 0.634. The standard InChI is InChI=1S/C7H13ClN2O2/c1-6(4-8)5-10-2-3-12-7(9)11/h4,10H,2-3,5H2,1H3,(H2,9,11). The second-order valence-corrected chi connectivity index (χ2v) is 2.52. The van der Waals surface area contributed by atoms with Gasteiger partial charge in [-0.1, -0.05) is 11.6 Å². The predicted molar refractivity (Wildman–Crippen MR) is 48.0 cm³/mol. The maximum atomic E-state index is 10.1. The lowest BCUT2D eigenvalue weighted by Crippen LogP contribution is -2.24. The lowest BCUT2D eigenvalue weighted by molar-refractivity contribution is 0.157. The molecule has 5 heteroatoms. The summed E-state index contributed by atoms with van der Waals surface area (Å²) in [6.07, 6.45) is -0.749. The van der Waals surface area contributed by atoms with Crippen molar-refractivity contribution in [3.05, 3.63) is 11.1 Å². The molecule has 0 aromatic rings. The fourth-order valence-corrected chi connectivity index (χ4v) is 0.625. The number of hydrogen-bond donors (Lipinski definition) is 2. The molecule has 3 N–H and O–H groups in total. The van der Waals surface area contributed by atoms with Crippen molar-refractivity contribution < 1.29 is 9.53 Å². The van der Waals surface area contributed by atoms with Gasteiger partial charge in [0.25, 0.3) is 0 Å². The number of hydrogen-bond acceptors (Lipinski definition) is 3. The van der Waals surface area contributed by atoms with Crippen molar-refractivity contribution in [1.82, 2.24) is 5.32 Å². The number of primary amides is 1. The molecule has 0 aromatic carbocycles. The van der Waals surface area contributed by atoms with E-state index in [0.29, 0.717) is 13.1 Å². The Morgan fingerprint density at radius 1 is 1.75 bits per heavy atom. The third-order valence-corrected chi connectivity index (χ3v) is 1.49. The highest BCUT2D eigenvalue weighted by molar-refractivity contribution is 6.25. The Morgan fingerprint density at radius 2 is 2.42 bits per heavy atom. The van der Waals surface area contributed by atoms with Crippen LogP contribution in [-0.2, 0) is 4.74 Å². The summed E-state index contributed by atoms with van der Waals surface area (Å²) in [4.78, 5) is 10.1. The Balaban J connectivity index is 3.16. The van der Waals surface area contributed by atoms with Crippen molar-refractivity contribution in [2.75, 3.05) is 19.7 Å². The summed E-state index contributed by atoms with van der Waals surface area (Å²) in [5.41, 5.74) is 7.26. The van der Waals surface area contributed by atoms with E-state index in [9.17, 15) is 4.79 Å². The zero-order chi connectivity index (χ0) is 9.40. The molecule has 0 spiro atoms. The number of nitrogens with one attached hydrogen (secondary N) is 1. The van der Waals surface area contributed by atoms with Crippen molar-refractivity contribution in [2.24, 2.45) is 5.73 Å². The molecule has 0 atom stereocenters. The fraction of sp³-hybridized carbons (Fsp3) is 0.571. The van der Waals surface area contributed by atoms with E-state index in [0.717, 1.165) is 5.57 Å². The van der Waals surface area contributed by atoms with Crippen LogP contribution in [0.4, 0.5) is 4.79 Å². The Morgan fingerprint density at radius 3 is 2.92 bits per heavy atom. The first-order valence-corrected chi connectivity index (χ1v) is 3.99. The Labute approximate surface area is 76.7 Å². The van der Waals surface area contributed by atoms with Crippen LogP contribution < -0.4 is 11.1 Å². The number of halogens is 1. The number of amides is 1. The summed E-state index contributed by atoms with van der Waals surface area (Å²) in [5, 5.41) is 3.01. The van der Waals surface area contributed by atoms with E-state index in [-0.39, 0.29) is 6.61 Å². The van der Waals surface area contributed by atoms with Gasteiger partial charge in [0.1, 0.15) is 6.61 Å². The summed E-state index contributed by atoms with van der Waals surface area (Å²) < 4.78 is 4.48. The summed E-state index contributed by atoms with van der Waals surface area (Å²) in [7, 11) is 0. The van der Waals surface area contributed by atoms with Gasteiger partial charge in [-0.25, -0.2) is 4.79 Å². The average molecular weight is 193 g/mol. The third kappa shape index (κ3) is 7.37. The lowest BCUT2D eigenvalue weighted by atomic mass is 10.3. The average Bonchev–Trinajstić information content (AvgIpc) is 2.03. The van der Waals surface area contributed by atoms with Crippen LogP contribution in [0.3, 0.4) is 0 Å². The predicted octanol–water partition coefficient (Wildman–Crippen LogP) is 0.814. The molecule has 4 nitrogen and oxygen atoms in total. The minimum Gasteiger partial charge on any atom is -0.448 e. The number of carbonyl (C=O) groups is 1. The SMILES string of the molecule is CC(=CCl)CNCCOC(N)=O. The van der Waals surface area contributed by atoms with Crippen molar-refractivity contribution in [1.29, 1.82) is 0 Å². The molecule has 12 heavy (non-hydrogen) atoms. The Kier molecular flexibility index (Phi) is 6.51. The monoisotopic (exact) mass is 192 g/mol. The minimum absolute atomic E-state index is 0.283. The molecule has 0 saturated carbocycles. The van der Waals surface area contributed by atoms with Crippen molar-refractivity contribution in [3.8, 4) is 0 Å². The molecular weight excluding hydrogens is 180 g/mol. The van der Waals surface area contributed by atoms with E-state index in [4.69, 9.17) is 17.3 Å². The second kappa shape index (κ2) is 6.94. The minimum atomic E-state index is -0.749. The molecule has 70 valence electrons. The number of carbonyl (C=O) groups excluding carboxylic acids is 1. The van der Waals surface area contributed by atoms with Gasteiger partial charge in [-0.3, -0.25) is 0 Å². The van der Waals surface area contributed by atoms with Gasteiger partial charge in [-0.05, 0) is 12.5 Å². The van der Waals surface area contributed by atoms with Crippen molar-refractivity contribution in [2.45, 2.75) is 6.92 Å². The molecule has 0 bridgehead atoms. The van der Waals surface area contributed by atoms with E-state index in [1.165, 1.54) is 5.54 Å². The van der Waals surface area contributed by atoms with Crippen LogP contribution in [-0.4, -0.2) is 25.8 Å². The molecule has 0 unspecified atom stereocenters. The first-order chi connectivity index (χ1) is 5.66. The van der Waals surface area contributed by atoms with Crippen LogP contribution in [0.1, 0.15) is 6.92 Å². The van der Waals surface area contributed by atoms with E-state index in [1.54, 1.807) is 0 Å². The van der Waals surface area contributed by atoms with Gasteiger partial charge in [-0.2, -0.15) is 0 Å². The zero-order valence-electron chi connectivity index (χ0n) is 6.97. The molecule has 0 aliphatic heterocycles.